The van der Waals surface area contributed by atoms with E-state index in [0.29, 0.717) is 24.5 Å². The molecule has 4 rings (SSSR count). The van der Waals surface area contributed by atoms with E-state index in [1.807, 2.05) is 12.3 Å². The highest BCUT2D eigenvalue weighted by Crippen LogP contribution is 2.33. The summed E-state index contributed by atoms with van der Waals surface area (Å²) in [5.41, 5.74) is 8.14. The van der Waals surface area contributed by atoms with Gasteiger partial charge in [0.15, 0.2) is 11.6 Å². The number of nitrogens with one attached hydrogen (secondary N) is 1. The molecule has 0 aliphatic heterocycles. The van der Waals surface area contributed by atoms with Crippen LogP contribution >= 0.6 is 11.8 Å². The Bertz CT molecular complexity index is 1110. The number of thioether (sulfide) groups is 1. The largest absolute Gasteiger partial charge is 0.392 e. The van der Waals surface area contributed by atoms with E-state index < -0.39 is 6.10 Å². The monoisotopic (exact) mass is 440 g/mol. The number of nitrogens with two attached hydrogens (primary N) is 1. The summed E-state index contributed by atoms with van der Waals surface area (Å²) in [5.74, 6) is 1.76. The molecule has 2 heterocycles. The van der Waals surface area contributed by atoms with Gasteiger partial charge < -0.3 is 16.2 Å². The van der Waals surface area contributed by atoms with Crippen LogP contribution in [0.1, 0.15) is 42.4 Å². The molecule has 1 amide bonds. The van der Waals surface area contributed by atoms with Crippen LogP contribution in [0.15, 0.2) is 29.2 Å². The van der Waals surface area contributed by atoms with Crippen molar-refractivity contribution in [2.45, 2.75) is 55.6 Å². The molecule has 2 aromatic heterocycles. The molecule has 164 valence electrons. The fourth-order valence-electron chi connectivity index (χ4n) is 4.13. The minimum absolute atomic E-state index is 0.0414. The van der Waals surface area contributed by atoms with Crippen LogP contribution in [-0.4, -0.2) is 56.2 Å². The number of amides is 1. The Labute approximate surface area is 185 Å². The van der Waals surface area contributed by atoms with Crippen LogP contribution in [0.5, 0.6) is 0 Å². The third-order valence-corrected chi connectivity index (χ3v) is 6.65. The van der Waals surface area contributed by atoms with Gasteiger partial charge in [0.05, 0.1) is 18.0 Å². The summed E-state index contributed by atoms with van der Waals surface area (Å²) in [6.07, 6.45) is 3.63. The zero-order valence-corrected chi connectivity index (χ0v) is 18.8. The Morgan fingerprint density at radius 2 is 2.13 bits per heavy atom. The molecule has 0 unspecified atom stereocenters. The van der Waals surface area contributed by atoms with Gasteiger partial charge in [-0.2, -0.15) is 4.68 Å². The minimum atomic E-state index is -0.496. The molecular weight excluding hydrogens is 412 g/mol. The Morgan fingerprint density at radius 1 is 1.32 bits per heavy atom. The summed E-state index contributed by atoms with van der Waals surface area (Å²) >= 11 is 1.67. The molecule has 0 spiro atoms. The maximum atomic E-state index is 11.9. The molecule has 0 bridgehead atoms. The lowest BCUT2D eigenvalue weighted by molar-refractivity contribution is -0.120. The van der Waals surface area contributed by atoms with Gasteiger partial charge in [-0.05, 0) is 56.2 Å². The summed E-state index contributed by atoms with van der Waals surface area (Å²) in [5, 5.41) is 18.4. The lowest BCUT2D eigenvalue weighted by atomic mass is 9.83. The number of benzene rings is 1. The smallest absolute Gasteiger partial charge is 0.227 e. The summed E-state index contributed by atoms with van der Waals surface area (Å²) in [4.78, 5) is 22.7. The number of pyridine rings is 1. The van der Waals surface area contributed by atoms with Crippen molar-refractivity contribution in [2.75, 3.05) is 13.3 Å². The zero-order chi connectivity index (χ0) is 22.1. The first-order valence-corrected chi connectivity index (χ1v) is 11.7. The van der Waals surface area contributed by atoms with Crippen molar-refractivity contribution in [3.63, 3.8) is 0 Å². The first kappa shape index (κ1) is 21.7. The number of aliphatic hydroxyl groups is 1. The molecule has 1 aliphatic carbocycles. The first-order valence-electron chi connectivity index (χ1n) is 10.5. The maximum Gasteiger partial charge on any atom is 0.227 e. The van der Waals surface area contributed by atoms with Gasteiger partial charge in [0.25, 0.3) is 0 Å². The second kappa shape index (κ2) is 8.94. The Morgan fingerprint density at radius 3 is 2.84 bits per heavy atom. The molecule has 0 saturated heterocycles. The molecule has 1 saturated carbocycles. The van der Waals surface area contributed by atoms with E-state index in [-0.39, 0.29) is 24.3 Å². The Balaban J connectivity index is 1.81. The van der Waals surface area contributed by atoms with Crippen molar-refractivity contribution in [1.29, 1.82) is 0 Å². The van der Waals surface area contributed by atoms with Crippen LogP contribution in [0, 0.1) is 6.92 Å². The van der Waals surface area contributed by atoms with E-state index in [4.69, 9.17) is 15.7 Å². The lowest BCUT2D eigenvalue weighted by Crippen LogP contribution is -2.40. The molecule has 1 aromatic carbocycles. The van der Waals surface area contributed by atoms with E-state index >= 15 is 0 Å². The standard InChI is InChI=1S/C22H28N6O2S/c1-12-8-20(25-17-10-14(31-3)5-6-15(12)17)28-22(13-4-7-18(29)16(23)9-13)26-19(27-28)11-21(30)24-2/h5-6,8,10,13,16,18,29H,4,7,9,11,23H2,1-3H3,(H,24,30)/t13-,16+,18+/m0/s1. The zero-order valence-electron chi connectivity index (χ0n) is 18.0. The highest BCUT2D eigenvalue weighted by molar-refractivity contribution is 7.98. The average Bonchev–Trinajstić information content (AvgIpc) is 3.18. The van der Waals surface area contributed by atoms with Crippen molar-refractivity contribution in [2.24, 2.45) is 5.73 Å². The first-order chi connectivity index (χ1) is 14.9. The van der Waals surface area contributed by atoms with Gasteiger partial charge in [-0.15, -0.1) is 16.9 Å². The number of rotatable bonds is 5. The minimum Gasteiger partial charge on any atom is -0.392 e. The molecule has 9 heteroatoms. The van der Waals surface area contributed by atoms with Gasteiger partial charge in [0.1, 0.15) is 5.82 Å². The summed E-state index contributed by atoms with van der Waals surface area (Å²) < 4.78 is 1.76. The molecule has 31 heavy (non-hydrogen) atoms. The van der Waals surface area contributed by atoms with Gasteiger partial charge in [-0.3, -0.25) is 4.79 Å². The molecule has 1 fully saturated rings. The quantitative estimate of drug-likeness (QED) is 0.520. The van der Waals surface area contributed by atoms with Crippen molar-refractivity contribution in [3.8, 4) is 5.82 Å². The van der Waals surface area contributed by atoms with Crippen LogP contribution in [0.4, 0.5) is 0 Å². The number of nitrogens with zero attached hydrogens (tertiary/aromatic N) is 4. The summed E-state index contributed by atoms with van der Waals surface area (Å²) in [7, 11) is 1.60. The number of aromatic nitrogens is 4. The molecular formula is C22H28N6O2S. The van der Waals surface area contributed by atoms with Crippen LogP contribution in [-0.2, 0) is 11.2 Å². The van der Waals surface area contributed by atoms with Gasteiger partial charge in [0.2, 0.25) is 5.91 Å². The van der Waals surface area contributed by atoms with Crippen LogP contribution in [0.3, 0.4) is 0 Å². The molecule has 8 nitrogen and oxygen atoms in total. The van der Waals surface area contributed by atoms with Crippen molar-refractivity contribution < 1.29 is 9.90 Å². The van der Waals surface area contributed by atoms with Gasteiger partial charge in [-0.1, -0.05) is 6.07 Å². The number of aliphatic hydroxyl groups excluding tert-OH is 1. The van der Waals surface area contributed by atoms with E-state index in [1.54, 1.807) is 23.5 Å². The molecule has 0 radical (unpaired) electrons. The number of hydrogen-bond donors (Lipinski definition) is 3. The van der Waals surface area contributed by atoms with E-state index in [9.17, 15) is 9.90 Å². The van der Waals surface area contributed by atoms with E-state index in [1.165, 1.54) is 0 Å². The van der Waals surface area contributed by atoms with Crippen LogP contribution < -0.4 is 11.1 Å². The second-order valence-electron chi connectivity index (χ2n) is 8.07. The number of carbonyl (C=O) groups excluding carboxylic acids is 1. The topological polar surface area (TPSA) is 119 Å². The van der Waals surface area contributed by atoms with Crippen molar-refractivity contribution in [1.82, 2.24) is 25.1 Å². The fraction of sp³-hybridized carbons (Fsp3) is 0.455. The number of aryl methyl sites for hydroxylation is 1. The van der Waals surface area contributed by atoms with Crippen LogP contribution in [0.2, 0.25) is 0 Å². The maximum absolute atomic E-state index is 11.9. The summed E-state index contributed by atoms with van der Waals surface area (Å²) in [6, 6.07) is 7.96. The van der Waals surface area contributed by atoms with Crippen LogP contribution in [0.25, 0.3) is 16.7 Å². The molecule has 3 aromatic rings. The number of hydrogen-bond acceptors (Lipinski definition) is 7. The molecule has 4 N–H and O–H groups in total. The Kier molecular flexibility index (Phi) is 6.27. The fourth-order valence-corrected chi connectivity index (χ4v) is 4.57. The van der Waals surface area contributed by atoms with Crippen molar-refractivity contribution in [3.05, 3.63) is 41.5 Å². The van der Waals surface area contributed by atoms with E-state index in [2.05, 4.69) is 35.5 Å². The highest BCUT2D eigenvalue weighted by Gasteiger charge is 2.31. The predicted octanol–water partition coefficient (Wildman–Crippen LogP) is 2.09. The number of carbonyl (C=O) groups is 1. The molecule has 3 atom stereocenters. The highest BCUT2D eigenvalue weighted by atomic mass is 32.2. The van der Waals surface area contributed by atoms with E-state index in [0.717, 1.165) is 33.6 Å². The van der Waals surface area contributed by atoms with Gasteiger partial charge in [0, 0.05) is 29.3 Å². The third-order valence-electron chi connectivity index (χ3n) is 5.93. The Hall–Kier alpha value is -2.49. The van der Waals surface area contributed by atoms with Gasteiger partial charge >= 0.3 is 0 Å². The molecule has 1 aliphatic rings. The number of likely N-dealkylation sites (N-methyl/N-ethyl adjacent to an activating group) is 1. The second-order valence-corrected chi connectivity index (χ2v) is 8.95. The third kappa shape index (κ3) is 4.44. The average molecular weight is 441 g/mol. The summed E-state index contributed by atoms with van der Waals surface area (Å²) in [6.45, 7) is 2.06. The lowest BCUT2D eigenvalue weighted by Gasteiger charge is -2.30. The normalized spacial score (nSPS) is 21.4. The predicted molar refractivity (Wildman–Crippen MR) is 122 cm³/mol. The van der Waals surface area contributed by atoms with Crippen molar-refractivity contribution >= 4 is 28.6 Å². The van der Waals surface area contributed by atoms with Gasteiger partial charge in [-0.25, -0.2) is 9.97 Å². The number of fused-ring (bicyclic) bond motifs is 1. The SMILES string of the molecule is CNC(=O)Cc1nc([C@H]2CC[C@@H](O)[C@H](N)C2)n(-c2cc(C)c3ccc(SC)cc3n2)n1.